The van der Waals surface area contributed by atoms with E-state index in [1.807, 2.05) is 0 Å². The van der Waals surface area contributed by atoms with E-state index in [9.17, 15) is 21.6 Å². The van der Waals surface area contributed by atoms with Crippen LogP contribution in [-0.2, 0) is 31.4 Å². The van der Waals surface area contributed by atoms with Crippen LogP contribution in [0.3, 0.4) is 0 Å². The summed E-state index contributed by atoms with van der Waals surface area (Å²) in [5.41, 5.74) is 0.594. The lowest BCUT2D eigenvalue weighted by molar-refractivity contribution is 0.0440. The third-order valence-electron chi connectivity index (χ3n) is 4.19. The van der Waals surface area contributed by atoms with Crippen molar-refractivity contribution in [2.75, 3.05) is 30.7 Å². The molecule has 1 aliphatic rings. The van der Waals surface area contributed by atoms with Crippen LogP contribution in [0.25, 0.3) is 0 Å². The van der Waals surface area contributed by atoms with E-state index >= 15 is 0 Å². The smallest absolute Gasteiger partial charge is 0.338 e. The Morgan fingerprint density at radius 3 is 2.64 bits per heavy atom. The Kier molecular flexibility index (Phi) is 5.50. The van der Waals surface area contributed by atoms with Crippen molar-refractivity contribution in [1.82, 2.24) is 4.31 Å². The quantitative estimate of drug-likeness (QED) is 0.639. The molecule has 1 aliphatic heterocycles. The third kappa shape index (κ3) is 4.05. The largest absolute Gasteiger partial charge is 0.454 e. The Morgan fingerprint density at radius 1 is 1.25 bits per heavy atom. The minimum atomic E-state index is -3.71. The summed E-state index contributed by atoms with van der Waals surface area (Å²) in [5, 5.41) is -0.246. The predicted octanol–water partition coefficient (Wildman–Crippen LogP) is 1.43. The maximum atomic E-state index is 12.3. The molecule has 9 nitrogen and oxygen atoms in total. The lowest BCUT2D eigenvalue weighted by Crippen LogP contribution is -2.25. The fourth-order valence-corrected chi connectivity index (χ4v) is 5.06. The van der Waals surface area contributed by atoms with Crippen molar-refractivity contribution in [2.24, 2.45) is 0 Å². The molecule has 152 valence electrons. The zero-order chi connectivity index (χ0) is 20.5. The number of rotatable bonds is 6. The van der Waals surface area contributed by atoms with Gasteiger partial charge in [0.25, 0.3) is 10.0 Å². The third-order valence-corrected chi connectivity index (χ3v) is 7.75. The molecule has 0 bridgehead atoms. The minimum Gasteiger partial charge on any atom is -0.454 e. The van der Waals surface area contributed by atoms with E-state index in [-0.39, 0.29) is 28.8 Å². The average molecular weight is 428 g/mol. The average Bonchev–Trinajstić information content (AvgIpc) is 3.26. The van der Waals surface area contributed by atoms with E-state index in [1.165, 1.54) is 42.7 Å². The maximum Gasteiger partial charge on any atom is 0.338 e. The van der Waals surface area contributed by atoms with Gasteiger partial charge in [-0.1, -0.05) is 6.07 Å². The lowest BCUT2D eigenvalue weighted by atomic mass is 10.2. The van der Waals surface area contributed by atoms with Crippen LogP contribution in [-0.4, -0.2) is 53.5 Å². The molecule has 0 amide bonds. The number of hydrogen-bond acceptors (Lipinski definition) is 7. The second-order valence-corrected chi connectivity index (χ2v) is 10.5. The zero-order valence-corrected chi connectivity index (χ0v) is 17.0. The molecule has 2 heterocycles. The number of carbonyl (C=O) groups excluding carboxylic acids is 1. The number of nitrogens with zero attached hydrogens (tertiary/aromatic N) is 2. The number of benzene rings is 1. The molecule has 0 aliphatic carbocycles. The molecule has 0 saturated carbocycles. The first kappa shape index (κ1) is 20.4. The highest BCUT2D eigenvalue weighted by molar-refractivity contribution is 7.93. The van der Waals surface area contributed by atoms with Crippen molar-refractivity contribution in [1.29, 1.82) is 0 Å². The van der Waals surface area contributed by atoms with Gasteiger partial charge in [0, 0.05) is 20.6 Å². The van der Waals surface area contributed by atoms with Crippen LogP contribution in [0, 0.1) is 0 Å². The van der Waals surface area contributed by atoms with E-state index in [1.54, 1.807) is 12.1 Å². The summed E-state index contributed by atoms with van der Waals surface area (Å²) in [7, 11) is -4.30. The van der Waals surface area contributed by atoms with Gasteiger partial charge in [0.05, 0.1) is 17.0 Å². The first-order chi connectivity index (χ1) is 13.1. The Balaban J connectivity index is 1.70. The first-order valence-corrected chi connectivity index (χ1v) is 11.4. The zero-order valence-electron chi connectivity index (χ0n) is 15.4. The molecular formula is C17H20N2O7S2. The number of anilines is 1. The molecule has 0 unspecified atom stereocenters. The molecule has 1 aromatic heterocycles. The first-order valence-electron chi connectivity index (χ1n) is 8.40. The van der Waals surface area contributed by atoms with E-state index in [4.69, 9.17) is 9.15 Å². The van der Waals surface area contributed by atoms with Crippen LogP contribution in [0.4, 0.5) is 5.69 Å². The number of hydrogen-bond donors (Lipinski definition) is 0. The van der Waals surface area contributed by atoms with E-state index < -0.39 is 26.0 Å². The van der Waals surface area contributed by atoms with Crippen molar-refractivity contribution < 1.29 is 30.8 Å². The van der Waals surface area contributed by atoms with Crippen LogP contribution < -0.4 is 4.31 Å². The molecule has 0 radical (unpaired) electrons. The van der Waals surface area contributed by atoms with Gasteiger partial charge in [-0.2, -0.15) is 0 Å². The van der Waals surface area contributed by atoms with E-state index in [0.29, 0.717) is 18.7 Å². The monoisotopic (exact) mass is 428 g/mol. The van der Waals surface area contributed by atoms with Gasteiger partial charge in [-0.3, -0.25) is 4.31 Å². The van der Waals surface area contributed by atoms with Gasteiger partial charge in [-0.05, 0) is 36.8 Å². The Labute approximate surface area is 163 Å². The molecule has 1 fully saturated rings. The summed E-state index contributed by atoms with van der Waals surface area (Å²) in [6, 6.07) is 8.86. The standard InChI is InChI=1S/C17H20N2O7S2/c1-18(2)28(23,24)16-8-7-15(26-16)12-25-17(20)13-5-3-6-14(11-13)19-9-4-10-27(19,21)22/h3,5-8,11H,4,9-10,12H2,1-2H3. The van der Waals surface area contributed by atoms with Crippen LogP contribution in [0.15, 0.2) is 45.9 Å². The van der Waals surface area contributed by atoms with Gasteiger partial charge < -0.3 is 9.15 Å². The van der Waals surface area contributed by atoms with Crippen molar-refractivity contribution in [3.63, 3.8) is 0 Å². The van der Waals surface area contributed by atoms with Gasteiger partial charge >= 0.3 is 5.97 Å². The highest BCUT2D eigenvalue weighted by Gasteiger charge is 2.29. The fraction of sp³-hybridized carbons (Fsp3) is 0.353. The number of furan rings is 1. The summed E-state index contributed by atoms with van der Waals surface area (Å²) in [5.74, 6) is -0.419. The van der Waals surface area contributed by atoms with E-state index in [0.717, 1.165) is 4.31 Å². The van der Waals surface area contributed by atoms with Crippen molar-refractivity contribution in [2.45, 2.75) is 18.1 Å². The second-order valence-electron chi connectivity index (χ2n) is 6.38. The summed E-state index contributed by atoms with van der Waals surface area (Å²) in [4.78, 5) is 12.3. The molecule has 1 aromatic carbocycles. The number of ether oxygens (including phenoxy) is 1. The molecule has 2 aromatic rings. The second kappa shape index (κ2) is 7.57. The van der Waals surface area contributed by atoms with E-state index in [2.05, 4.69) is 0 Å². The summed E-state index contributed by atoms with van der Waals surface area (Å²) in [6.45, 7) is 0.115. The molecule has 0 N–H and O–H groups in total. The molecule has 28 heavy (non-hydrogen) atoms. The number of carbonyl (C=O) groups is 1. The molecule has 3 rings (SSSR count). The molecular weight excluding hydrogens is 408 g/mol. The van der Waals surface area contributed by atoms with Crippen molar-refractivity contribution >= 4 is 31.7 Å². The fourth-order valence-electron chi connectivity index (χ4n) is 2.69. The Morgan fingerprint density at radius 2 is 2.00 bits per heavy atom. The summed E-state index contributed by atoms with van der Waals surface area (Å²) in [6.07, 6.45) is 0.535. The van der Waals surface area contributed by atoms with Crippen molar-refractivity contribution in [3.05, 3.63) is 47.7 Å². The highest BCUT2D eigenvalue weighted by Crippen LogP contribution is 2.25. The summed E-state index contributed by atoms with van der Waals surface area (Å²) >= 11 is 0. The van der Waals surface area contributed by atoms with Crippen LogP contribution in [0.5, 0.6) is 0 Å². The SMILES string of the molecule is CN(C)S(=O)(=O)c1ccc(COC(=O)c2cccc(N3CCCS3(=O)=O)c2)o1. The summed E-state index contributed by atoms with van der Waals surface area (Å²) < 4.78 is 60.7. The number of esters is 1. The molecule has 1 saturated heterocycles. The molecule has 11 heteroatoms. The highest BCUT2D eigenvalue weighted by atomic mass is 32.2. The van der Waals surface area contributed by atoms with Gasteiger partial charge in [-0.25, -0.2) is 25.9 Å². The van der Waals surface area contributed by atoms with Crippen LogP contribution in [0.2, 0.25) is 0 Å². The Hall–Kier alpha value is -2.37. The minimum absolute atomic E-state index is 0.0817. The van der Waals surface area contributed by atoms with Gasteiger partial charge in [0.2, 0.25) is 15.1 Å². The van der Waals surface area contributed by atoms with Crippen LogP contribution >= 0.6 is 0 Å². The topological polar surface area (TPSA) is 114 Å². The van der Waals surface area contributed by atoms with Gasteiger partial charge in [0.1, 0.15) is 12.4 Å². The Bertz CT molecular complexity index is 1090. The van der Waals surface area contributed by atoms with Gasteiger partial charge in [-0.15, -0.1) is 0 Å². The molecule has 0 atom stereocenters. The maximum absolute atomic E-state index is 12.3. The van der Waals surface area contributed by atoms with Crippen molar-refractivity contribution in [3.8, 4) is 0 Å². The normalized spacial score (nSPS) is 16.5. The molecule has 0 spiro atoms. The van der Waals surface area contributed by atoms with Gasteiger partial charge in [0.15, 0.2) is 0 Å². The predicted molar refractivity (Wildman–Crippen MR) is 101 cm³/mol. The van der Waals surface area contributed by atoms with Crippen LogP contribution in [0.1, 0.15) is 22.5 Å². The number of sulfonamides is 2. The lowest BCUT2D eigenvalue weighted by Gasteiger charge is -2.17.